The van der Waals surface area contributed by atoms with Gasteiger partial charge < -0.3 is 24.8 Å². The maximum atomic E-state index is 13.0. The third-order valence-electron chi connectivity index (χ3n) is 7.92. The van der Waals surface area contributed by atoms with E-state index in [1.54, 1.807) is 14.2 Å². The quantitative estimate of drug-likeness (QED) is 0.647. The van der Waals surface area contributed by atoms with E-state index in [-0.39, 0.29) is 17.9 Å². The van der Waals surface area contributed by atoms with Crippen LogP contribution in [0.1, 0.15) is 75.8 Å². The first-order valence-electron chi connectivity index (χ1n) is 12.1. The van der Waals surface area contributed by atoms with Gasteiger partial charge in [-0.2, -0.15) is 0 Å². The fraction of sp³-hybridized carbons (Fsp3) is 0.720. The maximum absolute atomic E-state index is 13.0. The summed E-state index contributed by atoms with van der Waals surface area (Å²) in [5.41, 5.74) is 0.396. The number of aliphatic hydroxyl groups is 1. The molecular weight excluding hydrogens is 392 g/mol. The molecule has 4 rings (SSSR count). The number of rotatable bonds is 6. The first-order valence-corrected chi connectivity index (χ1v) is 12.1. The molecule has 0 aromatic heterocycles. The molecule has 1 aromatic rings. The van der Waals surface area contributed by atoms with Gasteiger partial charge >= 0.3 is 0 Å². The lowest BCUT2D eigenvalue weighted by molar-refractivity contribution is -0.937. The fourth-order valence-electron chi connectivity index (χ4n) is 6.30. The van der Waals surface area contributed by atoms with Crippen LogP contribution in [0.2, 0.25) is 0 Å². The normalized spacial score (nSPS) is 31.5. The van der Waals surface area contributed by atoms with E-state index in [0.717, 1.165) is 68.6 Å². The highest BCUT2D eigenvalue weighted by molar-refractivity contribution is 5.77. The van der Waals surface area contributed by atoms with Gasteiger partial charge in [0.15, 0.2) is 6.54 Å². The van der Waals surface area contributed by atoms with Crippen LogP contribution in [0.3, 0.4) is 0 Å². The predicted octanol–water partition coefficient (Wildman–Crippen LogP) is 2.40. The van der Waals surface area contributed by atoms with Crippen molar-refractivity contribution in [1.29, 1.82) is 0 Å². The lowest BCUT2D eigenvalue weighted by atomic mass is 9.66. The van der Waals surface area contributed by atoms with Crippen molar-refractivity contribution < 1.29 is 24.3 Å². The van der Waals surface area contributed by atoms with Crippen LogP contribution < -0.4 is 19.7 Å². The Bertz CT molecular complexity index is 764. The zero-order valence-electron chi connectivity index (χ0n) is 19.1. The number of benzene rings is 1. The SMILES string of the molecule is COc1ccc(OC)c([C@H]2[C@H]3CCCC[C@@]3(O)CC[NH+]2CC(=O)NC2CCCCC2)c1. The molecule has 1 aliphatic heterocycles. The van der Waals surface area contributed by atoms with Gasteiger partial charge in [-0.3, -0.25) is 4.79 Å². The van der Waals surface area contributed by atoms with E-state index in [1.807, 2.05) is 18.2 Å². The van der Waals surface area contributed by atoms with Crippen molar-refractivity contribution in [2.75, 3.05) is 27.3 Å². The molecule has 1 heterocycles. The smallest absolute Gasteiger partial charge is 0.275 e. The number of methoxy groups -OCH3 is 2. The van der Waals surface area contributed by atoms with E-state index in [2.05, 4.69) is 5.32 Å². The van der Waals surface area contributed by atoms with Crippen LogP contribution in [0.15, 0.2) is 18.2 Å². The Morgan fingerprint density at radius 2 is 1.87 bits per heavy atom. The number of amides is 1. The molecule has 1 saturated heterocycles. The van der Waals surface area contributed by atoms with E-state index in [4.69, 9.17) is 9.47 Å². The van der Waals surface area contributed by atoms with Crippen LogP contribution in [0, 0.1) is 5.92 Å². The summed E-state index contributed by atoms with van der Waals surface area (Å²) in [6.45, 7) is 1.23. The van der Waals surface area contributed by atoms with Crippen LogP contribution in [-0.2, 0) is 4.79 Å². The van der Waals surface area contributed by atoms with Gasteiger partial charge in [0.05, 0.1) is 31.9 Å². The van der Waals surface area contributed by atoms with Crippen molar-refractivity contribution >= 4 is 5.91 Å². The number of carbonyl (C=O) groups excluding carboxylic acids is 1. The van der Waals surface area contributed by atoms with E-state index in [0.29, 0.717) is 12.6 Å². The van der Waals surface area contributed by atoms with E-state index in [1.165, 1.54) is 24.2 Å². The minimum absolute atomic E-state index is 0.0150. The molecule has 1 aromatic carbocycles. The minimum atomic E-state index is -0.652. The Hall–Kier alpha value is -1.79. The van der Waals surface area contributed by atoms with Gasteiger partial charge in [0.25, 0.3) is 5.91 Å². The van der Waals surface area contributed by atoms with Crippen LogP contribution in [0.5, 0.6) is 11.5 Å². The second-order valence-corrected chi connectivity index (χ2v) is 9.78. The number of ether oxygens (including phenoxy) is 2. The van der Waals surface area contributed by atoms with E-state index in [9.17, 15) is 9.90 Å². The number of hydrogen-bond donors (Lipinski definition) is 3. The first kappa shape index (κ1) is 22.4. The van der Waals surface area contributed by atoms with Crippen molar-refractivity contribution in [3.8, 4) is 11.5 Å². The molecule has 2 aliphatic carbocycles. The van der Waals surface area contributed by atoms with Gasteiger partial charge in [-0.25, -0.2) is 0 Å². The van der Waals surface area contributed by atoms with Gasteiger partial charge in [0, 0.05) is 18.4 Å². The second kappa shape index (κ2) is 9.78. The minimum Gasteiger partial charge on any atom is -0.497 e. The molecule has 31 heavy (non-hydrogen) atoms. The number of nitrogens with one attached hydrogen (secondary N) is 2. The van der Waals surface area contributed by atoms with Gasteiger partial charge in [0.1, 0.15) is 17.5 Å². The van der Waals surface area contributed by atoms with Crippen LogP contribution >= 0.6 is 0 Å². The number of likely N-dealkylation sites (tertiary alicyclic amines) is 1. The summed E-state index contributed by atoms with van der Waals surface area (Å²) < 4.78 is 11.3. The summed E-state index contributed by atoms with van der Waals surface area (Å²) in [5.74, 6) is 1.85. The zero-order chi connectivity index (χ0) is 21.8. The molecule has 3 N–H and O–H groups in total. The van der Waals surface area contributed by atoms with Crippen LogP contribution in [0.4, 0.5) is 0 Å². The molecule has 1 unspecified atom stereocenters. The standard InChI is InChI=1S/C25H38N2O4/c1-30-19-11-12-22(31-2)20(16-19)24-21-10-6-7-13-25(21,29)14-15-27(24)17-23(28)26-18-8-4-3-5-9-18/h11-12,16,18,21,24,29H,3-10,13-15,17H2,1-2H3,(H,26,28)/p+1/t21-,24+,25-/m1/s1. The molecular formula is C25H39N2O4+. The van der Waals surface area contributed by atoms with Crippen molar-refractivity contribution in [3.05, 3.63) is 23.8 Å². The van der Waals surface area contributed by atoms with Gasteiger partial charge in [-0.15, -0.1) is 0 Å². The number of quaternary nitrogens is 1. The molecule has 6 nitrogen and oxygen atoms in total. The Morgan fingerprint density at radius 3 is 2.61 bits per heavy atom. The molecule has 0 spiro atoms. The average molecular weight is 432 g/mol. The molecule has 0 radical (unpaired) electrons. The molecule has 3 fully saturated rings. The predicted molar refractivity (Wildman–Crippen MR) is 120 cm³/mol. The van der Waals surface area contributed by atoms with Gasteiger partial charge in [0.2, 0.25) is 0 Å². The van der Waals surface area contributed by atoms with Gasteiger partial charge in [-0.1, -0.05) is 32.1 Å². The topological polar surface area (TPSA) is 72.2 Å². The Labute approximate surface area is 186 Å². The molecule has 2 saturated carbocycles. The summed E-state index contributed by atoms with van der Waals surface area (Å²) in [5, 5.41) is 14.8. The third kappa shape index (κ3) is 4.85. The highest BCUT2D eigenvalue weighted by atomic mass is 16.5. The molecule has 0 bridgehead atoms. The van der Waals surface area contributed by atoms with Crippen LogP contribution in [-0.4, -0.2) is 50.0 Å². The zero-order valence-corrected chi connectivity index (χ0v) is 19.1. The van der Waals surface area contributed by atoms with Crippen molar-refractivity contribution in [2.24, 2.45) is 5.92 Å². The summed E-state index contributed by atoms with van der Waals surface area (Å²) in [6.07, 6.45) is 10.7. The number of hydrogen-bond acceptors (Lipinski definition) is 4. The monoisotopic (exact) mass is 431 g/mol. The van der Waals surface area contributed by atoms with E-state index >= 15 is 0 Å². The number of piperidine rings is 1. The lowest BCUT2D eigenvalue weighted by Crippen LogP contribution is -3.16. The molecule has 1 amide bonds. The maximum Gasteiger partial charge on any atom is 0.275 e. The summed E-state index contributed by atoms with van der Waals surface area (Å²) in [4.78, 5) is 14.3. The van der Waals surface area contributed by atoms with Crippen molar-refractivity contribution in [1.82, 2.24) is 5.32 Å². The van der Waals surface area contributed by atoms with Crippen molar-refractivity contribution in [2.45, 2.75) is 81.9 Å². The first-order chi connectivity index (χ1) is 15.0. The Kier molecular flexibility index (Phi) is 7.07. The number of carbonyl (C=O) groups is 1. The molecule has 172 valence electrons. The average Bonchev–Trinajstić information content (AvgIpc) is 2.79. The molecule has 4 atom stereocenters. The largest absolute Gasteiger partial charge is 0.497 e. The fourth-order valence-corrected chi connectivity index (χ4v) is 6.30. The summed E-state index contributed by atoms with van der Waals surface area (Å²) in [7, 11) is 3.36. The highest BCUT2D eigenvalue weighted by Gasteiger charge is 2.52. The molecule has 3 aliphatic rings. The highest BCUT2D eigenvalue weighted by Crippen LogP contribution is 2.46. The lowest BCUT2D eigenvalue weighted by Gasteiger charge is -2.50. The summed E-state index contributed by atoms with van der Waals surface area (Å²) >= 11 is 0. The van der Waals surface area contributed by atoms with Gasteiger partial charge in [-0.05, 0) is 43.9 Å². The van der Waals surface area contributed by atoms with E-state index < -0.39 is 5.60 Å². The molecule has 6 heteroatoms. The van der Waals surface area contributed by atoms with Crippen LogP contribution in [0.25, 0.3) is 0 Å². The summed E-state index contributed by atoms with van der Waals surface area (Å²) in [6, 6.07) is 6.24. The number of fused-ring (bicyclic) bond motifs is 1. The Balaban J connectivity index is 1.61. The van der Waals surface area contributed by atoms with Crippen molar-refractivity contribution in [3.63, 3.8) is 0 Å². The Morgan fingerprint density at radius 1 is 1.10 bits per heavy atom. The second-order valence-electron chi connectivity index (χ2n) is 9.78. The third-order valence-corrected chi connectivity index (χ3v) is 7.92.